The first-order chi connectivity index (χ1) is 11.6. The molecule has 5 nitrogen and oxygen atoms in total. The summed E-state index contributed by atoms with van der Waals surface area (Å²) in [5, 5.41) is 0. The van der Waals surface area contributed by atoms with E-state index in [-0.39, 0.29) is 30.3 Å². The number of hydrogen-bond acceptors (Lipinski definition) is 5. The molecule has 4 atom stereocenters. The number of carbonyl (C=O) groups is 1. The normalized spacial score (nSPS) is 26.6. The second-order valence-corrected chi connectivity index (χ2v) is 6.91. The van der Waals surface area contributed by atoms with Gasteiger partial charge in [0.25, 0.3) is 0 Å². The van der Waals surface area contributed by atoms with Crippen LogP contribution < -0.4 is 0 Å². The molecule has 0 aliphatic carbocycles. The van der Waals surface area contributed by atoms with E-state index in [2.05, 4.69) is 18.7 Å². The Hall–Kier alpha value is -1.50. The minimum absolute atomic E-state index is 0.0128. The maximum absolute atomic E-state index is 12.1. The van der Waals surface area contributed by atoms with E-state index in [4.69, 9.17) is 14.2 Å². The summed E-state index contributed by atoms with van der Waals surface area (Å²) in [4.78, 5) is 14.8. The van der Waals surface area contributed by atoms with Gasteiger partial charge in [-0.15, -0.1) is 0 Å². The lowest BCUT2D eigenvalue weighted by Crippen LogP contribution is -2.56. The van der Waals surface area contributed by atoms with Gasteiger partial charge >= 0.3 is 6.09 Å². The zero-order chi connectivity index (χ0) is 17.5. The zero-order valence-electron chi connectivity index (χ0n) is 14.4. The highest BCUT2D eigenvalue weighted by molar-refractivity contribution is 7.99. The van der Waals surface area contributed by atoms with Gasteiger partial charge in [0.2, 0.25) is 0 Å². The Bertz CT molecular complexity index is 539. The van der Waals surface area contributed by atoms with Crippen LogP contribution in [-0.4, -0.2) is 55.4 Å². The highest BCUT2D eigenvalue weighted by Gasteiger charge is 2.41. The summed E-state index contributed by atoms with van der Waals surface area (Å²) in [5.41, 5.74) is -0.0128. The van der Waals surface area contributed by atoms with Crippen molar-refractivity contribution in [3.8, 4) is 0 Å². The van der Waals surface area contributed by atoms with Gasteiger partial charge in [0.05, 0.1) is 18.2 Å². The van der Waals surface area contributed by atoms with Crippen molar-refractivity contribution in [1.82, 2.24) is 4.90 Å². The van der Waals surface area contributed by atoms with E-state index in [1.807, 2.05) is 25.1 Å². The predicted molar refractivity (Wildman–Crippen MR) is 95.1 cm³/mol. The smallest absolute Gasteiger partial charge is 0.410 e. The van der Waals surface area contributed by atoms with Crippen molar-refractivity contribution < 1.29 is 19.0 Å². The summed E-state index contributed by atoms with van der Waals surface area (Å²) in [6.07, 6.45) is 1.57. The number of rotatable bonds is 6. The maximum Gasteiger partial charge on any atom is 0.410 e. The summed E-state index contributed by atoms with van der Waals surface area (Å²) in [5.74, 6) is 0. The van der Waals surface area contributed by atoms with Crippen molar-refractivity contribution in [1.29, 1.82) is 0 Å². The molecule has 0 N–H and O–H groups in total. The Labute approximate surface area is 148 Å². The minimum Gasteiger partial charge on any atom is -0.445 e. The minimum atomic E-state index is -0.397. The average Bonchev–Trinajstić information content (AvgIpc) is 2.59. The van der Waals surface area contributed by atoms with Crippen LogP contribution in [-0.2, 0) is 14.2 Å². The van der Waals surface area contributed by atoms with Gasteiger partial charge in [0, 0.05) is 25.5 Å². The molecule has 2 rings (SSSR count). The molecule has 24 heavy (non-hydrogen) atoms. The molecule has 0 aromatic heterocycles. The molecular weight excluding hydrogens is 326 g/mol. The van der Waals surface area contributed by atoms with Crippen LogP contribution in [0.4, 0.5) is 4.79 Å². The first-order valence-corrected chi connectivity index (χ1v) is 8.85. The third-order valence-corrected chi connectivity index (χ3v) is 5.14. The Morgan fingerprint density at radius 2 is 2.17 bits per heavy atom. The van der Waals surface area contributed by atoms with E-state index < -0.39 is 6.09 Å². The van der Waals surface area contributed by atoms with E-state index in [1.165, 1.54) is 0 Å². The van der Waals surface area contributed by atoms with Crippen LogP contribution in [0.2, 0.25) is 0 Å². The second kappa shape index (κ2) is 9.11. The van der Waals surface area contributed by atoms with Gasteiger partial charge in [0.15, 0.2) is 0 Å². The summed E-state index contributed by atoms with van der Waals surface area (Å²) in [6.45, 7) is 5.71. The van der Waals surface area contributed by atoms with Crippen molar-refractivity contribution >= 4 is 17.9 Å². The summed E-state index contributed by atoms with van der Waals surface area (Å²) < 4.78 is 16.9. The number of likely N-dealkylation sites (N-methyl/N-ethyl adjacent to an activating group) is 1. The van der Waals surface area contributed by atoms with Gasteiger partial charge in [-0.1, -0.05) is 42.6 Å². The molecule has 1 amide bonds. The fourth-order valence-electron chi connectivity index (χ4n) is 2.89. The van der Waals surface area contributed by atoms with Crippen molar-refractivity contribution in [3.63, 3.8) is 0 Å². The quantitative estimate of drug-likeness (QED) is 0.734. The van der Waals surface area contributed by atoms with Gasteiger partial charge in [-0.05, 0) is 19.1 Å². The van der Waals surface area contributed by atoms with Gasteiger partial charge < -0.3 is 19.1 Å². The zero-order valence-corrected chi connectivity index (χ0v) is 15.2. The van der Waals surface area contributed by atoms with Crippen LogP contribution in [0.15, 0.2) is 47.9 Å². The van der Waals surface area contributed by atoms with Gasteiger partial charge in [-0.25, -0.2) is 4.79 Å². The lowest BCUT2D eigenvalue weighted by Gasteiger charge is -2.43. The summed E-state index contributed by atoms with van der Waals surface area (Å²) in [6, 6.07) is 9.94. The third-order valence-electron chi connectivity index (χ3n) is 4.03. The predicted octanol–water partition coefficient (Wildman–Crippen LogP) is 3.55. The van der Waals surface area contributed by atoms with Crippen molar-refractivity contribution in [3.05, 3.63) is 43.0 Å². The van der Waals surface area contributed by atoms with Crippen LogP contribution >= 0.6 is 11.8 Å². The molecule has 1 aromatic rings. The molecule has 1 saturated heterocycles. The number of ether oxygens (including phenoxy) is 3. The Morgan fingerprint density at radius 3 is 2.79 bits per heavy atom. The van der Waals surface area contributed by atoms with Crippen molar-refractivity contribution in [2.45, 2.75) is 41.9 Å². The Balaban J connectivity index is 2.02. The monoisotopic (exact) mass is 351 g/mol. The van der Waals surface area contributed by atoms with E-state index in [9.17, 15) is 4.79 Å². The highest BCUT2D eigenvalue weighted by Crippen LogP contribution is 2.35. The van der Waals surface area contributed by atoms with E-state index in [1.54, 1.807) is 36.9 Å². The summed E-state index contributed by atoms with van der Waals surface area (Å²) in [7, 11) is 3.38. The third kappa shape index (κ3) is 4.75. The van der Waals surface area contributed by atoms with Crippen molar-refractivity contribution in [2.75, 3.05) is 20.8 Å². The number of thioether (sulfide) groups is 1. The molecular formula is C18H25NO4S. The first kappa shape index (κ1) is 18.8. The Kier molecular flexibility index (Phi) is 7.15. The number of carbonyl (C=O) groups excluding carboxylic acids is 1. The molecule has 1 fully saturated rings. The molecule has 1 aromatic carbocycles. The summed E-state index contributed by atoms with van der Waals surface area (Å²) >= 11 is 1.67. The largest absolute Gasteiger partial charge is 0.445 e. The van der Waals surface area contributed by atoms with E-state index in [0.717, 1.165) is 4.90 Å². The maximum atomic E-state index is 12.1. The molecule has 0 radical (unpaired) electrons. The van der Waals surface area contributed by atoms with Crippen molar-refractivity contribution in [2.24, 2.45) is 0 Å². The van der Waals surface area contributed by atoms with Crippen LogP contribution in [0, 0.1) is 0 Å². The van der Waals surface area contributed by atoms with E-state index >= 15 is 0 Å². The highest BCUT2D eigenvalue weighted by atomic mass is 32.2. The lowest BCUT2D eigenvalue weighted by atomic mass is 9.99. The fourth-order valence-corrected chi connectivity index (χ4v) is 4.02. The second-order valence-electron chi connectivity index (χ2n) is 5.68. The molecule has 132 valence electrons. The van der Waals surface area contributed by atoms with Gasteiger partial charge in [0.1, 0.15) is 12.0 Å². The number of hydrogen-bond donors (Lipinski definition) is 0. The Morgan fingerprint density at radius 1 is 1.46 bits per heavy atom. The standard InChI is InChI=1S/C18H25NO4S/c1-5-11-22-18(20)19(3)17-13(2)23-16(12-15(17)21-4)24-14-9-7-6-8-10-14/h5-10,13,15-17H,1,11-12H2,2-4H3/t13-,15-,16+,17+/m0/s1. The molecule has 0 bridgehead atoms. The van der Waals surface area contributed by atoms with E-state index in [0.29, 0.717) is 6.42 Å². The average molecular weight is 351 g/mol. The fraction of sp³-hybridized carbons (Fsp3) is 0.500. The van der Waals surface area contributed by atoms with Gasteiger partial charge in [-0.3, -0.25) is 0 Å². The number of nitrogens with zero attached hydrogens (tertiary/aromatic N) is 1. The van der Waals surface area contributed by atoms with Crippen LogP contribution in [0.25, 0.3) is 0 Å². The number of benzene rings is 1. The molecule has 1 aliphatic heterocycles. The molecule has 1 heterocycles. The van der Waals surface area contributed by atoms with Crippen LogP contribution in [0.1, 0.15) is 13.3 Å². The molecule has 6 heteroatoms. The number of amides is 1. The van der Waals surface area contributed by atoms with Gasteiger partial charge in [-0.2, -0.15) is 0 Å². The molecule has 0 spiro atoms. The molecule has 0 saturated carbocycles. The topological polar surface area (TPSA) is 48.0 Å². The van der Waals surface area contributed by atoms with Crippen LogP contribution in [0.5, 0.6) is 0 Å². The van der Waals surface area contributed by atoms with Crippen LogP contribution in [0.3, 0.4) is 0 Å². The molecule has 1 aliphatic rings. The number of methoxy groups -OCH3 is 1. The lowest BCUT2D eigenvalue weighted by molar-refractivity contribution is -0.116. The SMILES string of the molecule is C=CCOC(=O)N(C)[C@@H]1[C@H](C)O[C@H](Sc2ccccc2)C[C@@H]1OC. The molecule has 0 unspecified atom stereocenters. The first-order valence-electron chi connectivity index (χ1n) is 7.97.